The lowest BCUT2D eigenvalue weighted by molar-refractivity contribution is -0.117. The molecule has 1 aromatic rings. The maximum absolute atomic E-state index is 11.6. The Morgan fingerprint density at radius 2 is 2.11 bits per heavy atom. The van der Waals surface area contributed by atoms with E-state index in [0.29, 0.717) is 13.0 Å². The smallest absolute Gasteiger partial charge is 0.330 e. The van der Waals surface area contributed by atoms with E-state index < -0.39 is 17.2 Å². The normalized spacial score (nSPS) is 10.3. The molecular weight excluding hydrogens is 238 g/mol. The fourth-order valence-corrected chi connectivity index (χ4v) is 1.51. The van der Waals surface area contributed by atoms with E-state index in [1.54, 1.807) is 0 Å². The number of hydrogen-bond acceptors (Lipinski definition) is 5. The number of aromatic nitrogens is 2. The molecule has 0 aliphatic heterocycles. The van der Waals surface area contributed by atoms with E-state index in [-0.39, 0.29) is 24.5 Å². The van der Waals surface area contributed by atoms with E-state index in [1.807, 2.05) is 6.92 Å². The van der Waals surface area contributed by atoms with Crippen LogP contribution in [0.5, 0.6) is 0 Å². The molecule has 0 atom stereocenters. The topological polar surface area (TPSA) is 136 Å². The molecule has 0 aromatic carbocycles. The van der Waals surface area contributed by atoms with Gasteiger partial charge >= 0.3 is 5.69 Å². The van der Waals surface area contributed by atoms with Crippen LogP contribution in [0.3, 0.4) is 0 Å². The zero-order valence-electron chi connectivity index (χ0n) is 10.2. The summed E-state index contributed by atoms with van der Waals surface area (Å²) in [5.41, 5.74) is 9.68. The van der Waals surface area contributed by atoms with Crippen LogP contribution >= 0.6 is 0 Å². The van der Waals surface area contributed by atoms with Gasteiger partial charge in [0.15, 0.2) is 0 Å². The maximum Gasteiger partial charge on any atom is 0.330 e. The number of hydrogen-bond donors (Lipinski definition) is 4. The quantitative estimate of drug-likeness (QED) is 0.507. The molecule has 0 aliphatic rings. The zero-order chi connectivity index (χ0) is 13.7. The SMILES string of the molecule is CCCn1c(N)c(NCCC(N)=O)c(=O)[nH]c1=O. The van der Waals surface area contributed by atoms with Crippen molar-refractivity contribution in [2.24, 2.45) is 5.73 Å². The molecule has 0 fully saturated rings. The number of nitrogens with one attached hydrogen (secondary N) is 2. The molecular formula is C10H17N5O3. The van der Waals surface area contributed by atoms with Gasteiger partial charge in [-0.15, -0.1) is 0 Å². The average Bonchev–Trinajstić information content (AvgIpc) is 2.28. The Bertz CT molecular complexity index is 545. The number of nitrogen functional groups attached to an aromatic ring is 1. The first-order chi connectivity index (χ1) is 8.47. The Kier molecular flexibility index (Phi) is 4.52. The summed E-state index contributed by atoms with van der Waals surface area (Å²) in [7, 11) is 0. The molecule has 8 heteroatoms. The third kappa shape index (κ3) is 3.12. The second kappa shape index (κ2) is 5.89. The number of carbonyl (C=O) groups excluding carboxylic acids is 1. The molecule has 100 valence electrons. The van der Waals surface area contributed by atoms with Crippen molar-refractivity contribution >= 4 is 17.4 Å². The summed E-state index contributed by atoms with van der Waals surface area (Å²) in [4.78, 5) is 35.8. The van der Waals surface area contributed by atoms with Crippen LogP contribution in [-0.4, -0.2) is 22.0 Å². The van der Waals surface area contributed by atoms with Crippen LogP contribution in [0, 0.1) is 0 Å². The highest BCUT2D eigenvalue weighted by Gasteiger charge is 2.11. The van der Waals surface area contributed by atoms with Gasteiger partial charge in [0.1, 0.15) is 11.5 Å². The number of anilines is 2. The van der Waals surface area contributed by atoms with Gasteiger partial charge in [-0.1, -0.05) is 6.92 Å². The van der Waals surface area contributed by atoms with Gasteiger partial charge in [-0.05, 0) is 6.42 Å². The molecule has 8 nitrogen and oxygen atoms in total. The van der Waals surface area contributed by atoms with Crippen LogP contribution < -0.4 is 28.0 Å². The van der Waals surface area contributed by atoms with E-state index in [0.717, 1.165) is 0 Å². The van der Waals surface area contributed by atoms with Crippen molar-refractivity contribution in [3.63, 3.8) is 0 Å². The Labute approximate surface area is 103 Å². The minimum absolute atomic E-state index is 0.0649. The van der Waals surface area contributed by atoms with Gasteiger partial charge in [-0.25, -0.2) is 4.79 Å². The fourth-order valence-electron chi connectivity index (χ4n) is 1.51. The minimum Gasteiger partial charge on any atom is -0.383 e. The highest BCUT2D eigenvalue weighted by molar-refractivity contribution is 5.74. The summed E-state index contributed by atoms with van der Waals surface area (Å²) in [6.45, 7) is 2.48. The summed E-state index contributed by atoms with van der Waals surface area (Å²) in [6, 6.07) is 0. The molecule has 0 radical (unpaired) electrons. The van der Waals surface area contributed by atoms with Gasteiger partial charge < -0.3 is 16.8 Å². The van der Waals surface area contributed by atoms with E-state index in [4.69, 9.17) is 11.5 Å². The summed E-state index contributed by atoms with van der Waals surface area (Å²) in [5, 5.41) is 2.71. The number of H-pyrrole nitrogens is 1. The number of nitrogens with two attached hydrogens (primary N) is 2. The zero-order valence-corrected chi connectivity index (χ0v) is 10.2. The van der Waals surface area contributed by atoms with Crippen molar-refractivity contribution in [2.45, 2.75) is 26.3 Å². The summed E-state index contributed by atoms with van der Waals surface area (Å²) < 4.78 is 1.27. The van der Waals surface area contributed by atoms with Crippen molar-refractivity contribution in [1.82, 2.24) is 9.55 Å². The van der Waals surface area contributed by atoms with Crippen LogP contribution in [0.25, 0.3) is 0 Å². The molecule has 0 unspecified atom stereocenters. The lowest BCUT2D eigenvalue weighted by Gasteiger charge is -2.12. The molecule has 0 saturated carbocycles. The van der Waals surface area contributed by atoms with Gasteiger partial charge in [0.25, 0.3) is 5.56 Å². The van der Waals surface area contributed by atoms with E-state index in [1.165, 1.54) is 4.57 Å². The number of amides is 1. The number of aromatic amines is 1. The van der Waals surface area contributed by atoms with Gasteiger partial charge in [0.05, 0.1) is 0 Å². The molecule has 1 aromatic heterocycles. The Balaban J connectivity index is 3.04. The lowest BCUT2D eigenvalue weighted by atomic mass is 10.3. The van der Waals surface area contributed by atoms with Gasteiger partial charge in [0, 0.05) is 19.5 Å². The van der Waals surface area contributed by atoms with Crippen LogP contribution in [0.1, 0.15) is 19.8 Å². The number of carbonyl (C=O) groups is 1. The van der Waals surface area contributed by atoms with E-state index >= 15 is 0 Å². The largest absolute Gasteiger partial charge is 0.383 e. The fraction of sp³-hybridized carbons (Fsp3) is 0.500. The second-order valence-electron chi connectivity index (χ2n) is 3.81. The van der Waals surface area contributed by atoms with Crippen molar-refractivity contribution in [3.05, 3.63) is 20.8 Å². The number of nitrogens with zero attached hydrogens (tertiary/aromatic N) is 1. The molecule has 0 spiro atoms. The van der Waals surface area contributed by atoms with Crippen molar-refractivity contribution in [1.29, 1.82) is 0 Å². The van der Waals surface area contributed by atoms with Gasteiger partial charge in [-0.2, -0.15) is 0 Å². The summed E-state index contributed by atoms with van der Waals surface area (Å²) in [5.74, 6) is -0.422. The molecule has 0 bridgehead atoms. The Hall–Kier alpha value is -2.25. The molecule has 1 heterocycles. The van der Waals surface area contributed by atoms with E-state index in [9.17, 15) is 14.4 Å². The predicted octanol–water partition coefficient (Wildman–Crippen LogP) is -1.18. The monoisotopic (exact) mass is 255 g/mol. The second-order valence-corrected chi connectivity index (χ2v) is 3.81. The molecule has 0 saturated heterocycles. The van der Waals surface area contributed by atoms with Crippen molar-refractivity contribution in [3.8, 4) is 0 Å². The number of rotatable bonds is 6. The molecule has 1 rings (SSSR count). The average molecular weight is 255 g/mol. The first-order valence-corrected chi connectivity index (χ1v) is 5.62. The third-order valence-corrected chi connectivity index (χ3v) is 2.36. The van der Waals surface area contributed by atoms with Crippen LogP contribution in [0.4, 0.5) is 11.5 Å². The molecule has 6 N–H and O–H groups in total. The van der Waals surface area contributed by atoms with Crippen LogP contribution in [-0.2, 0) is 11.3 Å². The van der Waals surface area contributed by atoms with Crippen molar-refractivity contribution in [2.75, 3.05) is 17.6 Å². The third-order valence-electron chi connectivity index (χ3n) is 2.36. The Morgan fingerprint density at radius 1 is 1.44 bits per heavy atom. The highest BCUT2D eigenvalue weighted by Crippen LogP contribution is 2.10. The molecule has 0 aliphatic carbocycles. The maximum atomic E-state index is 11.6. The first kappa shape index (κ1) is 13.8. The standard InChI is InChI=1S/C10H17N5O3/c1-2-5-15-8(12)7(9(17)14-10(15)18)13-4-3-6(11)16/h13H,2-5,12H2,1H3,(H2,11,16)(H,14,17,18). The summed E-state index contributed by atoms with van der Waals surface area (Å²) >= 11 is 0. The molecule has 18 heavy (non-hydrogen) atoms. The number of primary amides is 1. The highest BCUT2D eigenvalue weighted by atomic mass is 16.2. The van der Waals surface area contributed by atoms with Crippen molar-refractivity contribution < 1.29 is 4.79 Å². The van der Waals surface area contributed by atoms with Crippen LogP contribution in [0.15, 0.2) is 9.59 Å². The van der Waals surface area contributed by atoms with Gasteiger partial charge in [-0.3, -0.25) is 19.1 Å². The van der Waals surface area contributed by atoms with Gasteiger partial charge in [0.2, 0.25) is 5.91 Å². The Morgan fingerprint density at radius 3 is 2.67 bits per heavy atom. The van der Waals surface area contributed by atoms with Crippen LogP contribution in [0.2, 0.25) is 0 Å². The molecule has 1 amide bonds. The first-order valence-electron chi connectivity index (χ1n) is 5.62. The predicted molar refractivity (Wildman–Crippen MR) is 68.3 cm³/mol. The van der Waals surface area contributed by atoms with E-state index in [2.05, 4.69) is 10.3 Å². The minimum atomic E-state index is -0.602. The summed E-state index contributed by atoms with van der Waals surface area (Å²) in [6.07, 6.45) is 0.780. The lowest BCUT2D eigenvalue weighted by Crippen LogP contribution is -2.34.